The number of carboxylic acids is 1. The number of nitrogens with zero attached hydrogens (tertiary/aromatic N) is 1. The Morgan fingerprint density at radius 2 is 1.95 bits per heavy atom. The first-order valence-electron chi connectivity index (χ1n) is 7.60. The lowest BCUT2D eigenvalue weighted by Crippen LogP contribution is -2.35. The van der Waals surface area contributed by atoms with Gasteiger partial charge >= 0.3 is 5.97 Å². The van der Waals surface area contributed by atoms with E-state index in [1.165, 1.54) is 11.1 Å². The van der Waals surface area contributed by atoms with Crippen LogP contribution < -0.4 is 5.32 Å². The SMILES string of the molecule is O=C(O)[C@@H]1CC[C@H](c2ccc(CN3CCOCC3)cc2)N1. The number of nitrogens with one attached hydrogen (secondary N) is 1. The highest BCUT2D eigenvalue weighted by Crippen LogP contribution is 2.27. The Morgan fingerprint density at radius 1 is 1.24 bits per heavy atom. The van der Waals surface area contributed by atoms with Gasteiger partial charge in [0.2, 0.25) is 0 Å². The molecular formula is C16H22N2O3. The second kappa shape index (κ2) is 6.56. The standard InChI is InChI=1S/C16H22N2O3/c19-16(20)15-6-5-14(17-15)13-3-1-12(2-4-13)11-18-7-9-21-10-8-18/h1-4,14-15,17H,5-11H2,(H,19,20)/t14-,15+/m1/s1. The summed E-state index contributed by atoms with van der Waals surface area (Å²) in [7, 11) is 0. The molecule has 2 N–H and O–H groups in total. The number of carbonyl (C=O) groups is 1. The molecular weight excluding hydrogens is 268 g/mol. The van der Waals surface area contributed by atoms with E-state index in [9.17, 15) is 4.79 Å². The molecule has 0 bridgehead atoms. The van der Waals surface area contributed by atoms with Gasteiger partial charge in [-0.1, -0.05) is 24.3 Å². The molecule has 2 atom stereocenters. The van der Waals surface area contributed by atoms with Gasteiger partial charge in [-0.15, -0.1) is 0 Å². The summed E-state index contributed by atoms with van der Waals surface area (Å²) in [5, 5.41) is 12.2. The second-order valence-corrected chi connectivity index (χ2v) is 5.82. The third-order valence-corrected chi connectivity index (χ3v) is 4.34. The van der Waals surface area contributed by atoms with Gasteiger partial charge < -0.3 is 9.84 Å². The van der Waals surface area contributed by atoms with E-state index in [2.05, 4.69) is 34.5 Å². The van der Waals surface area contributed by atoms with Gasteiger partial charge in [0.1, 0.15) is 6.04 Å². The van der Waals surface area contributed by atoms with E-state index in [-0.39, 0.29) is 6.04 Å². The number of morpholine rings is 1. The van der Waals surface area contributed by atoms with Crippen LogP contribution in [0.1, 0.15) is 30.0 Å². The molecule has 2 aliphatic rings. The van der Waals surface area contributed by atoms with Gasteiger partial charge in [0.15, 0.2) is 0 Å². The number of rotatable bonds is 4. The minimum Gasteiger partial charge on any atom is -0.480 e. The Hall–Kier alpha value is -1.43. The first-order chi connectivity index (χ1) is 10.2. The number of hydrogen-bond acceptors (Lipinski definition) is 4. The first-order valence-corrected chi connectivity index (χ1v) is 7.60. The lowest BCUT2D eigenvalue weighted by atomic mass is 10.0. The molecule has 21 heavy (non-hydrogen) atoms. The fourth-order valence-electron chi connectivity index (χ4n) is 3.07. The maximum atomic E-state index is 11.0. The highest BCUT2D eigenvalue weighted by molar-refractivity contribution is 5.73. The maximum Gasteiger partial charge on any atom is 0.320 e. The van der Waals surface area contributed by atoms with E-state index in [1.807, 2.05) is 0 Å². The number of benzene rings is 1. The van der Waals surface area contributed by atoms with E-state index < -0.39 is 12.0 Å². The largest absolute Gasteiger partial charge is 0.480 e. The zero-order valence-corrected chi connectivity index (χ0v) is 12.1. The Labute approximate surface area is 124 Å². The molecule has 1 aromatic carbocycles. The Kier molecular flexibility index (Phi) is 4.53. The maximum absolute atomic E-state index is 11.0. The van der Waals surface area contributed by atoms with E-state index >= 15 is 0 Å². The minimum atomic E-state index is -0.749. The van der Waals surface area contributed by atoms with Crippen LogP contribution in [0.25, 0.3) is 0 Å². The van der Waals surface area contributed by atoms with Gasteiger partial charge in [0.25, 0.3) is 0 Å². The van der Waals surface area contributed by atoms with Crippen LogP contribution in [-0.4, -0.2) is 48.3 Å². The zero-order chi connectivity index (χ0) is 14.7. The van der Waals surface area contributed by atoms with Gasteiger partial charge in [0, 0.05) is 25.7 Å². The van der Waals surface area contributed by atoms with Gasteiger partial charge in [-0.2, -0.15) is 0 Å². The Bertz CT molecular complexity index is 483. The molecule has 0 radical (unpaired) electrons. The zero-order valence-electron chi connectivity index (χ0n) is 12.1. The molecule has 0 unspecified atom stereocenters. The lowest BCUT2D eigenvalue weighted by molar-refractivity contribution is -0.139. The summed E-state index contributed by atoms with van der Waals surface area (Å²) >= 11 is 0. The molecule has 0 aliphatic carbocycles. The lowest BCUT2D eigenvalue weighted by Gasteiger charge is -2.26. The summed E-state index contributed by atoms with van der Waals surface area (Å²) < 4.78 is 5.36. The molecule has 1 aromatic rings. The topological polar surface area (TPSA) is 61.8 Å². The van der Waals surface area contributed by atoms with E-state index in [0.717, 1.165) is 39.3 Å². The summed E-state index contributed by atoms with van der Waals surface area (Å²) in [5.41, 5.74) is 2.48. The molecule has 5 heteroatoms. The van der Waals surface area contributed by atoms with Crippen LogP contribution >= 0.6 is 0 Å². The van der Waals surface area contributed by atoms with Crippen LogP contribution in [0.5, 0.6) is 0 Å². The van der Waals surface area contributed by atoms with E-state index in [0.29, 0.717) is 6.42 Å². The molecule has 2 fully saturated rings. The first kappa shape index (κ1) is 14.5. The van der Waals surface area contributed by atoms with Gasteiger partial charge in [-0.3, -0.25) is 15.0 Å². The van der Waals surface area contributed by atoms with Crippen LogP contribution in [0.4, 0.5) is 0 Å². The highest BCUT2D eigenvalue weighted by atomic mass is 16.5. The molecule has 2 heterocycles. The monoisotopic (exact) mass is 290 g/mol. The third kappa shape index (κ3) is 3.61. The molecule has 0 saturated carbocycles. The molecule has 0 aromatic heterocycles. The average Bonchev–Trinajstić information content (AvgIpc) is 2.99. The van der Waals surface area contributed by atoms with Crippen molar-refractivity contribution in [2.75, 3.05) is 26.3 Å². The fourth-order valence-corrected chi connectivity index (χ4v) is 3.07. The normalized spacial score (nSPS) is 26.9. The van der Waals surface area contributed by atoms with Gasteiger partial charge in [-0.05, 0) is 24.0 Å². The van der Waals surface area contributed by atoms with Crippen molar-refractivity contribution in [2.45, 2.75) is 31.5 Å². The molecule has 5 nitrogen and oxygen atoms in total. The minimum absolute atomic E-state index is 0.170. The van der Waals surface area contributed by atoms with Crippen LogP contribution in [0.15, 0.2) is 24.3 Å². The van der Waals surface area contributed by atoms with E-state index in [1.54, 1.807) is 0 Å². The molecule has 0 spiro atoms. The second-order valence-electron chi connectivity index (χ2n) is 5.82. The van der Waals surface area contributed by atoms with Crippen LogP contribution in [0.3, 0.4) is 0 Å². The van der Waals surface area contributed by atoms with Crippen molar-refractivity contribution < 1.29 is 14.6 Å². The quantitative estimate of drug-likeness (QED) is 0.877. The third-order valence-electron chi connectivity index (χ3n) is 4.34. The van der Waals surface area contributed by atoms with Crippen molar-refractivity contribution in [1.82, 2.24) is 10.2 Å². The van der Waals surface area contributed by atoms with Crippen molar-refractivity contribution in [3.05, 3.63) is 35.4 Å². The van der Waals surface area contributed by atoms with Crippen molar-refractivity contribution in [3.8, 4) is 0 Å². The van der Waals surface area contributed by atoms with Gasteiger partial charge in [-0.25, -0.2) is 0 Å². The average molecular weight is 290 g/mol. The fraction of sp³-hybridized carbons (Fsp3) is 0.562. The summed E-state index contributed by atoms with van der Waals surface area (Å²) in [6, 6.07) is 8.32. The van der Waals surface area contributed by atoms with Gasteiger partial charge in [0.05, 0.1) is 13.2 Å². The summed E-state index contributed by atoms with van der Waals surface area (Å²) in [4.78, 5) is 13.4. The summed E-state index contributed by atoms with van der Waals surface area (Å²) in [6.07, 6.45) is 1.59. The molecule has 0 amide bonds. The summed E-state index contributed by atoms with van der Waals surface area (Å²) in [5.74, 6) is -0.749. The predicted molar refractivity (Wildman–Crippen MR) is 79.1 cm³/mol. The molecule has 2 aliphatic heterocycles. The van der Waals surface area contributed by atoms with Crippen molar-refractivity contribution in [1.29, 1.82) is 0 Å². The molecule has 114 valence electrons. The number of aliphatic carboxylic acids is 1. The van der Waals surface area contributed by atoms with Crippen molar-refractivity contribution in [3.63, 3.8) is 0 Å². The highest BCUT2D eigenvalue weighted by Gasteiger charge is 2.29. The van der Waals surface area contributed by atoms with Crippen LogP contribution in [0.2, 0.25) is 0 Å². The Balaban J connectivity index is 1.58. The summed E-state index contributed by atoms with van der Waals surface area (Å²) in [6.45, 7) is 4.58. The van der Waals surface area contributed by atoms with Crippen LogP contribution in [-0.2, 0) is 16.1 Å². The Morgan fingerprint density at radius 3 is 2.57 bits per heavy atom. The number of hydrogen-bond donors (Lipinski definition) is 2. The van der Waals surface area contributed by atoms with Crippen molar-refractivity contribution >= 4 is 5.97 Å². The number of ether oxygens (including phenoxy) is 1. The number of carboxylic acid groups (broad SMARTS) is 1. The predicted octanol–water partition coefficient (Wildman–Crippen LogP) is 1.40. The molecule has 2 saturated heterocycles. The molecule has 3 rings (SSSR count). The van der Waals surface area contributed by atoms with Crippen molar-refractivity contribution in [2.24, 2.45) is 0 Å². The van der Waals surface area contributed by atoms with E-state index in [4.69, 9.17) is 9.84 Å². The van der Waals surface area contributed by atoms with Crippen LogP contribution in [0, 0.1) is 0 Å². The smallest absolute Gasteiger partial charge is 0.320 e.